The number of hydrogen-bond acceptors (Lipinski definition) is 5. The van der Waals surface area contributed by atoms with Gasteiger partial charge in [0.15, 0.2) is 16.9 Å². The number of pyridine rings is 1. The number of aromatic nitrogens is 5. The maximum Gasteiger partial charge on any atom is 0.199 e. The molecule has 5 rings (SSSR count). The number of halogens is 2. The second-order valence-corrected chi connectivity index (χ2v) is 7.00. The molecule has 3 heterocycles. The molecule has 0 radical (unpaired) electrons. The normalized spacial score (nSPS) is 11.4. The summed E-state index contributed by atoms with van der Waals surface area (Å²) in [5.41, 5.74) is 2.58. The standard InChI is InChI=1S/C22H15F2N5O2/c1-11-20(26-16-6-4-12(23)7-15(16)21(11)30)22-27-19-9-25-17(10-29(19)28-22)14-5-3-13(24)8-18(14)31-2/h3-10H,1-2H3,(H,26,30). The molecule has 0 fully saturated rings. The number of nitrogens with zero attached hydrogens (tertiary/aromatic N) is 4. The Kier molecular flexibility index (Phi) is 4.25. The Bertz CT molecular complexity index is 1540. The van der Waals surface area contributed by atoms with E-state index in [1.165, 1.54) is 48.2 Å². The van der Waals surface area contributed by atoms with Crippen LogP contribution in [0.5, 0.6) is 5.75 Å². The molecule has 0 unspecified atom stereocenters. The number of ether oxygens (including phenoxy) is 1. The van der Waals surface area contributed by atoms with E-state index in [9.17, 15) is 13.6 Å². The van der Waals surface area contributed by atoms with Gasteiger partial charge in [-0.2, -0.15) is 0 Å². The van der Waals surface area contributed by atoms with Crippen molar-refractivity contribution in [3.8, 4) is 28.5 Å². The summed E-state index contributed by atoms with van der Waals surface area (Å²) in [4.78, 5) is 24.7. The molecule has 9 heteroatoms. The molecule has 0 bridgehead atoms. The van der Waals surface area contributed by atoms with Gasteiger partial charge in [0.2, 0.25) is 0 Å². The van der Waals surface area contributed by atoms with Gasteiger partial charge >= 0.3 is 0 Å². The Morgan fingerprint density at radius 2 is 1.87 bits per heavy atom. The fourth-order valence-electron chi connectivity index (χ4n) is 3.50. The van der Waals surface area contributed by atoms with Crippen molar-refractivity contribution in [3.05, 3.63) is 76.2 Å². The molecule has 0 aliphatic carbocycles. The number of rotatable bonds is 3. The fraction of sp³-hybridized carbons (Fsp3) is 0.0909. The zero-order valence-electron chi connectivity index (χ0n) is 16.5. The van der Waals surface area contributed by atoms with E-state index in [0.29, 0.717) is 45.3 Å². The molecule has 5 aromatic rings. The van der Waals surface area contributed by atoms with Crippen LogP contribution in [-0.2, 0) is 0 Å². The smallest absolute Gasteiger partial charge is 0.199 e. The highest BCUT2D eigenvalue weighted by Gasteiger charge is 2.16. The number of methoxy groups -OCH3 is 1. The van der Waals surface area contributed by atoms with E-state index in [0.717, 1.165) is 0 Å². The van der Waals surface area contributed by atoms with Crippen LogP contribution in [0.25, 0.3) is 39.3 Å². The maximum absolute atomic E-state index is 13.5. The van der Waals surface area contributed by atoms with Crippen LogP contribution in [-0.4, -0.2) is 31.7 Å². The van der Waals surface area contributed by atoms with E-state index >= 15 is 0 Å². The number of aromatic amines is 1. The van der Waals surface area contributed by atoms with Gasteiger partial charge in [0.1, 0.15) is 17.4 Å². The highest BCUT2D eigenvalue weighted by molar-refractivity contribution is 5.82. The maximum atomic E-state index is 13.5. The molecule has 7 nitrogen and oxygen atoms in total. The predicted octanol–water partition coefficient (Wildman–Crippen LogP) is 3.90. The van der Waals surface area contributed by atoms with Crippen LogP contribution in [0.4, 0.5) is 8.78 Å². The van der Waals surface area contributed by atoms with Crippen LogP contribution in [0.1, 0.15) is 5.56 Å². The van der Waals surface area contributed by atoms with E-state index in [4.69, 9.17) is 4.74 Å². The summed E-state index contributed by atoms with van der Waals surface area (Å²) >= 11 is 0. The molecule has 0 saturated heterocycles. The van der Waals surface area contributed by atoms with Gasteiger partial charge in [-0.05, 0) is 37.3 Å². The number of fused-ring (bicyclic) bond motifs is 2. The minimum absolute atomic E-state index is 0.261. The van der Waals surface area contributed by atoms with Gasteiger partial charge in [-0.15, -0.1) is 5.10 Å². The van der Waals surface area contributed by atoms with E-state index in [2.05, 4.69) is 20.1 Å². The lowest BCUT2D eigenvalue weighted by molar-refractivity contribution is 0.413. The number of H-pyrrole nitrogens is 1. The Balaban J connectivity index is 1.66. The van der Waals surface area contributed by atoms with E-state index < -0.39 is 11.6 Å². The third-order valence-corrected chi connectivity index (χ3v) is 5.09. The summed E-state index contributed by atoms with van der Waals surface area (Å²) in [7, 11) is 1.45. The molecule has 0 saturated carbocycles. The van der Waals surface area contributed by atoms with Crippen molar-refractivity contribution in [1.29, 1.82) is 0 Å². The van der Waals surface area contributed by atoms with E-state index in [1.54, 1.807) is 19.2 Å². The summed E-state index contributed by atoms with van der Waals surface area (Å²) in [6.07, 6.45) is 3.17. The van der Waals surface area contributed by atoms with Gasteiger partial charge in [-0.1, -0.05) is 0 Å². The molecule has 0 aliphatic rings. The van der Waals surface area contributed by atoms with Gasteiger partial charge in [-0.25, -0.2) is 18.3 Å². The first-order valence-corrected chi connectivity index (χ1v) is 9.33. The molecule has 0 aliphatic heterocycles. The van der Waals surface area contributed by atoms with Crippen molar-refractivity contribution in [2.24, 2.45) is 0 Å². The molecule has 0 spiro atoms. The van der Waals surface area contributed by atoms with Crippen molar-refractivity contribution >= 4 is 16.6 Å². The topological polar surface area (TPSA) is 85.2 Å². The molecule has 0 amide bonds. The largest absolute Gasteiger partial charge is 0.496 e. The molecule has 3 aromatic heterocycles. The van der Waals surface area contributed by atoms with Crippen LogP contribution in [0, 0.1) is 18.6 Å². The highest BCUT2D eigenvalue weighted by Crippen LogP contribution is 2.29. The zero-order chi connectivity index (χ0) is 21.7. The molecule has 2 aromatic carbocycles. The molecule has 1 N–H and O–H groups in total. The summed E-state index contributed by atoms with van der Waals surface area (Å²) in [6, 6.07) is 8.16. The lowest BCUT2D eigenvalue weighted by Crippen LogP contribution is -2.10. The minimum atomic E-state index is -0.481. The molecular formula is C22H15F2N5O2. The summed E-state index contributed by atoms with van der Waals surface area (Å²) in [5.74, 6) is -0.258. The Morgan fingerprint density at radius 1 is 1.10 bits per heavy atom. The predicted molar refractivity (Wildman–Crippen MR) is 111 cm³/mol. The van der Waals surface area contributed by atoms with Crippen LogP contribution >= 0.6 is 0 Å². The van der Waals surface area contributed by atoms with E-state index in [1.807, 2.05) is 0 Å². The molecule has 154 valence electrons. The van der Waals surface area contributed by atoms with Crippen molar-refractivity contribution in [2.75, 3.05) is 7.11 Å². The Morgan fingerprint density at radius 3 is 2.68 bits per heavy atom. The first-order valence-electron chi connectivity index (χ1n) is 9.33. The van der Waals surface area contributed by atoms with Crippen LogP contribution in [0.3, 0.4) is 0 Å². The molecule has 31 heavy (non-hydrogen) atoms. The number of nitrogens with one attached hydrogen (secondary N) is 1. The summed E-state index contributed by atoms with van der Waals surface area (Å²) in [5, 5.41) is 4.74. The Hall–Kier alpha value is -4.14. The number of benzene rings is 2. The molecular weight excluding hydrogens is 404 g/mol. The van der Waals surface area contributed by atoms with Crippen LogP contribution < -0.4 is 10.2 Å². The first-order chi connectivity index (χ1) is 14.9. The summed E-state index contributed by atoms with van der Waals surface area (Å²) in [6.45, 7) is 1.64. The zero-order valence-corrected chi connectivity index (χ0v) is 16.5. The second kappa shape index (κ2) is 6.98. The quantitative estimate of drug-likeness (QED) is 0.480. The van der Waals surface area contributed by atoms with Gasteiger partial charge < -0.3 is 9.72 Å². The Labute approximate surface area is 174 Å². The number of hydrogen-bond donors (Lipinski definition) is 1. The van der Waals surface area contributed by atoms with E-state index in [-0.39, 0.29) is 10.8 Å². The van der Waals surface area contributed by atoms with Crippen molar-refractivity contribution < 1.29 is 13.5 Å². The average molecular weight is 419 g/mol. The van der Waals surface area contributed by atoms with Gasteiger partial charge in [0.05, 0.1) is 36.4 Å². The minimum Gasteiger partial charge on any atom is -0.496 e. The van der Waals surface area contributed by atoms with Crippen molar-refractivity contribution in [3.63, 3.8) is 0 Å². The second-order valence-electron chi connectivity index (χ2n) is 7.00. The average Bonchev–Trinajstić information content (AvgIpc) is 3.19. The van der Waals surface area contributed by atoms with Crippen molar-refractivity contribution in [1.82, 2.24) is 24.6 Å². The lowest BCUT2D eigenvalue weighted by atomic mass is 10.1. The van der Waals surface area contributed by atoms with Gasteiger partial charge in [-0.3, -0.25) is 9.78 Å². The third kappa shape index (κ3) is 3.10. The first kappa shape index (κ1) is 18.9. The summed E-state index contributed by atoms with van der Waals surface area (Å²) < 4.78 is 33.8. The van der Waals surface area contributed by atoms with Crippen molar-refractivity contribution in [2.45, 2.75) is 6.92 Å². The van der Waals surface area contributed by atoms with Crippen LogP contribution in [0.15, 0.2) is 53.6 Å². The van der Waals surface area contributed by atoms with Gasteiger partial charge in [0.25, 0.3) is 0 Å². The fourth-order valence-corrected chi connectivity index (χ4v) is 3.50. The SMILES string of the molecule is COc1cc(F)ccc1-c1cn2nc(-c3[nH]c4ccc(F)cc4c(=O)c3C)nc2cn1. The molecule has 0 atom stereocenters. The lowest BCUT2D eigenvalue weighted by Gasteiger charge is -2.07. The van der Waals surface area contributed by atoms with Crippen LogP contribution in [0.2, 0.25) is 0 Å². The highest BCUT2D eigenvalue weighted by atomic mass is 19.1. The third-order valence-electron chi connectivity index (χ3n) is 5.09. The van der Waals surface area contributed by atoms with Gasteiger partial charge in [0, 0.05) is 22.6 Å². The monoisotopic (exact) mass is 419 g/mol.